The smallest absolute Gasteiger partial charge is 0.0404 e. The first-order valence-corrected chi connectivity index (χ1v) is 6.22. The van der Waals surface area contributed by atoms with Crippen LogP contribution in [0.2, 0.25) is 0 Å². The van der Waals surface area contributed by atoms with Crippen LogP contribution < -0.4 is 5.73 Å². The first-order valence-electron chi connectivity index (χ1n) is 6.22. The molecule has 0 saturated heterocycles. The van der Waals surface area contributed by atoms with Crippen LogP contribution in [0.1, 0.15) is 45.7 Å². The first-order chi connectivity index (χ1) is 7.34. The molecule has 0 spiro atoms. The average Bonchev–Trinajstić information content (AvgIpc) is 2.17. The molecule has 1 unspecified atom stereocenters. The second-order valence-corrected chi connectivity index (χ2v) is 5.73. The number of rotatable bonds is 4. The van der Waals surface area contributed by atoms with Gasteiger partial charge in [-0.1, -0.05) is 52.0 Å². The summed E-state index contributed by atoms with van der Waals surface area (Å²) in [4.78, 5) is 0. The van der Waals surface area contributed by atoms with Gasteiger partial charge >= 0.3 is 0 Å². The van der Waals surface area contributed by atoms with Crippen molar-refractivity contribution in [2.45, 2.75) is 46.6 Å². The molecule has 16 heavy (non-hydrogen) atoms. The molecule has 1 nitrogen and oxygen atoms in total. The Morgan fingerprint density at radius 3 is 1.94 bits per heavy atom. The molecule has 2 N–H and O–H groups in total. The summed E-state index contributed by atoms with van der Waals surface area (Å²) in [5.74, 6) is 1.16. The fourth-order valence-corrected chi connectivity index (χ4v) is 1.80. The SMILES string of the molecule is CC(C)Cc1ccc(C(C)(N)C(C)C)cc1. The van der Waals surface area contributed by atoms with Crippen LogP contribution in [-0.2, 0) is 12.0 Å². The standard InChI is InChI=1S/C15H25N/c1-11(2)10-13-6-8-14(9-7-13)15(5,16)12(3)4/h6-9,11-12H,10,16H2,1-5H3. The van der Waals surface area contributed by atoms with Gasteiger partial charge in [-0.25, -0.2) is 0 Å². The Labute approximate surface area is 100 Å². The van der Waals surface area contributed by atoms with Crippen molar-refractivity contribution in [1.82, 2.24) is 0 Å². The fourth-order valence-electron chi connectivity index (χ4n) is 1.80. The summed E-state index contributed by atoms with van der Waals surface area (Å²) in [6, 6.07) is 8.78. The van der Waals surface area contributed by atoms with Crippen LogP contribution in [0.4, 0.5) is 0 Å². The molecule has 0 heterocycles. The second kappa shape index (κ2) is 5.01. The number of hydrogen-bond acceptors (Lipinski definition) is 1. The molecule has 90 valence electrons. The van der Waals surface area contributed by atoms with Gasteiger partial charge in [-0.2, -0.15) is 0 Å². The van der Waals surface area contributed by atoms with Crippen LogP contribution in [0.5, 0.6) is 0 Å². The quantitative estimate of drug-likeness (QED) is 0.820. The molecule has 0 bridgehead atoms. The fraction of sp³-hybridized carbons (Fsp3) is 0.600. The van der Waals surface area contributed by atoms with Crippen LogP contribution >= 0.6 is 0 Å². The molecular weight excluding hydrogens is 194 g/mol. The molecule has 0 aromatic heterocycles. The normalized spacial score (nSPS) is 15.5. The van der Waals surface area contributed by atoms with E-state index < -0.39 is 0 Å². The predicted molar refractivity (Wildman–Crippen MR) is 71.4 cm³/mol. The highest BCUT2D eigenvalue weighted by atomic mass is 14.7. The third kappa shape index (κ3) is 3.08. The minimum Gasteiger partial charge on any atom is -0.321 e. The van der Waals surface area contributed by atoms with Gasteiger partial charge in [0.15, 0.2) is 0 Å². The van der Waals surface area contributed by atoms with E-state index in [0.717, 1.165) is 6.42 Å². The minimum atomic E-state index is -0.226. The van der Waals surface area contributed by atoms with E-state index >= 15 is 0 Å². The van der Waals surface area contributed by atoms with Crippen molar-refractivity contribution in [2.24, 2.45) is 17.6 Å². The van der Waals surface area contributed by atoms with Gasteiger partial charge in [0.1, 0.15) is 0 Å². The van der Waals surface area contributed by atoms with E-state index in [-0.39, 0.29) is 5.54 Å². The lowest BCUT2D eigenvalue weighted by molar-refractivity contribution is 0.350. The molecule has 1 atom stereocenters. The van der Waals surface area contributed by atoms with Crippen LogP contribution in [0, 0.1) is 11.8 Å². The zero-order valence-electron chi connectivity index (χ0n) is 11.2. The van der Waals surface area contributed by atoms with Crippen molar-refractivity contribution in [3.05, 3.63) is 35.4 Å². The van der Waals surface area contributed by atoms with E-state index in [1.165, 1.54) is 11.1 Å². The average molecular weight is 219 g/mol. The van der Waals surface area contributed by atoms with Gasteiger partial charge in [0.25, 0.3) is 0 Å². The molecule has 1 heteroatoms. The molecule has 1 aromatic rings. The highest BCUT2D eigenvalue weighted by molar-refractivity contribution is 5.28. The van der Waals surface area contributed by atoms with E-state index in [1.807, 2.05) is 0 Å². The van der Waals surface area contributed by atoms with Crippen molar-refractivity contribution in [3.63, 3.8) is 0 Å². The highest BCUT2D eigenvalue weighted by Crippen LogP contribution is 2.26. The van der Waals surface area contributed by atoms with E-state index in [2.05, 4.69) is 58.9 Å². The molecule has 0 fully saturated rings. The van der Waals surface area contributed by atoms with Crippen molar-refractivity contribution >= 4 is 0 Å². The van der Waals surface area contributed by atoms with E-state index in [0.29, 0.717) is 11.8 Å². The Hall–Kier alpha value is -0.820. The lowest BCUT2D eigenvalue weighted by Crippen LogP contribution is -2.38. The molecule has 0 aliphatic rings. The molecule has 0 aliphatic carbocycles. The summed E-state index contributed by atoms with van der Waals surface area (Å²) in [5, 5.41) is 0. The number of nitrogens with two attached hydrogens (primary N) is 1. The molecule has 1 aromatic carbocycles. The van der Waals surface area contributed by atoms with Gasteiger partial charge in [-0.3, -0.25) is 0 Å². The summed E-state index contributed by atoms with van der Waals surface area (Å²) >= 11 is 0. The predicted octanol–water partition coefficient (Wildman–Crippen LogP) is 3.72. The van der Waals surface area contributed by atoms with Gasteiger partial charge in [0, 0.05) is 5.54 Å². The molecule has 1 rings (SSSR count). The third-order valence-corrected chi connectivity index (χ3v) is 3.42. The van der Waals surface area contributed by atoms with Crippen LogP contribution in [-0.4, -0.2) is 0 Å². The van der Waals surface area contributed by atoms with E-state index in [4.69, 9.17) is 5.73 Å². The Kier molecular flexibility index (Phi) is 4.15. The van der Waals surface area contributed by atoms with Crippen molar-refractivity contribution in [2.75, 3.05) is 0 Å². The van der Waals surface area contributed by atoms with Gasteiger partial charge < -0.3 is 5.73 Å². The highest BCUT2D eigenvalue weighted by Gasteiger charge is 2.24. The van der Waals surface area contributed by atoms with Crippen molar-refractivity contribution < 1.29 is 0 Å². The Balaban J connectivity index is 2.86. The summed E-state index contributed by atoms with van der Waals surface area (Å²) in [5.41, 5.74) is 8.74. The molecular formula is C15H25N. The van der Waals surface area contributed by atoms with Crippen LogP contribution in [0.15, 0.2) is 24.3 Å². The Morgan fingerprint density at radius 2 is 1.56 bits per heavy atom. The van der Waals surface area contributed by atoms with Crippen LogP contribution in [0.25, 0.3) is 0 Å². The minimum absolute atomic E-state index is 0.226. The third-order valence-electron chi connectivity index (χ3n) is 3.42. The molecule has 0 radical (unpaired) electrons. The van der Waals surface area contributed by atoms with Crippen molar-refractivity contribution in [3.8, 4) is 0 Å². The maximum atomic E-state index is 6.33. The van der Waals surface area contributed by atoms with Gasteiger partial charge in [-0.05, 0) is 36.3 Å². The number of benzene rings is 1. The molecule has 0 saturated carbocycles. The lowest BCUT2D eigenvalue weighted by atomic mass is 9.82. The molecule has 0 aliphatic heterocycles. The van der Waals surface area contributed by atoms with E-state index in [9.17, 15) is 0 Å². The topological polar surface area (TPSA) is 26.0 Å². The monoisotopic (exact) mass is 219 g/mol. The Morgan fingerprint density at radius 1 is 1.06 bits per heavy atom. The second-order valence-electron chi connectivity index (χ2n) is 5.73. The van der Waals surface area contributed by atoms with Crippen LogP contribution in [0.3, 0.4) is 0 Å². The van der Waals surface area contributed by atoms with Crippen molar-refractivity contribution in [1.29, 1.82) is 0 Å². The largest absolute Gasteiger partial charge is 0.321 e. The Bertz CT molecular complexity index is 320. The first kappa shape index (κ1) is 13.2. The maximum Gasteiger partial charge on any atom is 0.0404 e. The van der Waals surface area contributed by atoms with Gasteiger partial charge in [0.05, 0.1) is 0 Å². The van der Waals surface area contributed by atoms with E-state index in [1.54, 1.807) is 0 Å². The molecule has 0 amide bonds. The van der Waals surface area contributed by atoms with Gasteiger partial charge in [0.2, 0.25) is 0 Å². The number of hydrogen-bond donors (Lipinski definition) is 1. The summed E-state index contributed by atoms with van der Waals surface area (Å²) in [7, 11) is 0. The van der Waals surface area contributed by atoms with Gasteiger partial charge in [-0.15, -0.1) is 0 Å². The maximum absolute atomic E-state index is 6.33. The zero-order chi connectivity index (χ0) is 12.3. The summed E-state index contributed by atoms with van der Waals surface area (Å²) in [6.07, 6.45) is 1.14. The summed E-state index contributed by atoms with van der Waals surface area (Å²) < 4.78 is 0. The zero-order valence-corrected chi connectivity index (χ0v) is 11.2. The lowest BCUT2D eigenvalue weighted by Gasteiger charge is -2.30. The summed E-state index contributed by atoms with van der Waals surface area (Å²) in [6.45, 7) is 10.9.